The summed E-state index contributed by atoms with van der Waals surface area (Å²) in [6.07, 6.45) is -5.49. The minimum Gasteiger partial charge on any atom is -0.497 e. The van der Waals surface area contributed by atoms with E-state index >= 15 is 0 Å². The van der Waals surface area contributed by atoms with E-state index in [1.165, 1.54) is 0 Å². The van der Waals surface area contributed by atoms with E-state index in [2.05, 4.69) is 10.1 Å². The molecule has 0 saturated carbocycles. The summed E-state index contributed by atoms with van der Waals surface area (Å²) < 4.78 is 46.1. The Hall–Kier alpha value is -2.13. The lowest BCUT2D eigenvalue weighted by molar-refractivity contribution is -0.254. The highest BCUT2D eigenvalue weighted by molar-refractivity contribution is 7.14. The summed E-state index contributed by atoms with van der Waals surface area (Å²) in [5.74, 6) is 0.666. The third-order valence-electron chi connectivity index (χ3n) is 4.36. The summed E-state index contributed by atoms with van der Waals surface area (Å²) in [6.45, 7) is 5.28. The van der Waals surface area contributed by atoms with Crippen molar-refractivity contribution >= 4 is 22.2 Å². The molecule has 1 aromatic heterocycles. The number of methoxy groups -OCH3 is 1. The summed E-state index contributed by atoms with van der Waals surface area (Å²) in [5, 5.41) is 16.8. The van der Waals surface area contributed by atoms with Crippen LogP contribution in [0.3, 0.4) is 0 Å². The molecule has 0 spiro atoms. The molecule has 1 aliphatic heterocycles. The molecule has 1 N–H and O–H groups in total. The largest absolute Gasteiger partial charge is 0.497 e. The molecule has 2 heterocycles. The minimum absolute atomic E-state index is 0.0140. The third-order valence-corrected chi connectivity index (χ3v) is 5.18. The number of thiazole rings is 1. The molecule has 5 nitrogen and oxygen atoms in total. The van der Waals surface area contributed by atoms with Crippen molar-refractivity contribution in [1.82, 2.24) is 4.98 Å². The normalized spacial score (nSPS) is 20.7. The highest BCUT2D eigenvalue weighted by Gasteiger charge is 2.63. The van der Waals surface area contributed by atoms with Crippen molar-refractivity contribution in [2.45, 2.75) is 39.1 Å². The minimum atomic E-state index is -4.88. The first-order valence-electron chi connectivity index (χ1n) is 8.23. The molecule has 0 bridgehead atoms. The number of nitrogens with zero attached hydrogens (tertiary/aromatic N) is 3. The maximum atomic E-state index is 13.7. The van der Waals surface area contributed by atoms with Gasteiger partial charge in [0.15, 0.2) is 0 Å². The van der Waals surface area contributed by atoms with Gasteiger partial charge in [0, 0.05) is 28.5 Å². The number of hydrazone groups is 1. The first-order chi connectivity index (χ1) is 12.5. The van der Waals surface area contributed by atoms with Gasteiger partial charge in [-0.2, -0.15) is 23.3 Å². The van der Waals surface area contributed by atoms with Crippen LogP contribution in [-0.2, 0) is 0 Å². The number of aromatic nitrogens is 1. The second-order valence-electron chi connectivity index (χ2n) is 7.34. The van der Waals surface area contributed by atoms with Crippen molar-refractivity contribution in [1.29, 1.82) is 0 Å². The van der Waals surface area contributed by atoms with Crippen LogP contribution in [0.25, 0.3) is 11.3 Å². The van der Waals surface area contributed by atoms with Gasteiger partial charge in [-0.05, 0) is 24.3 Å². The fraction of sp³-hybridized carbons (Fsp3) is 0.444. The van der Waals surface area contributed by atoms with Crippen LogP contribution in [-0.4, -0.2) is 34.8 Å². The molecular weight excluding hydrogens is 379 g/mol. The van der Waals surface area contributed by atoms with Gasteiger partial charge < -0.3 is 9.84 Å². The van der Waals surface area contributed by atoms with Crippen LogP contribution in [0, 0.1) is 5.41 Å². The van der Waals surface area contributed by atoms with E-state index in [1.807, 2.05) is 0 Å². The average molecular weight is 399 g/mol. The molecule has 27 heavy (non-hydrogen) atoms. The number of hydrogen-bond acceptors (Lipinski definition) is 6. The van der Waals surface area contributed by atoms with Crippen LogP contribution < -0.4 is 9.75 Å². The smallest absolute Gasteiger partial charge is 0.438 e. The summed E-state index contributed by atoms with van der Waals surface area (Å²) in [5.41, 5.74) is -2.22. The Morgan fingerprint density at radius 1 is 1.19 bits per heavy atom. The zero-order chi connectivity index (χ0) is 20.0. The Balaban J connectivity index is 1.99. The van der Waals surface area contributed by atoms with Crippen molar-refractivity contribution in [3.8, 4) is 17.0 Å². The van der Waals surface area contributed by atoms with Gasteiger partial charge in [-0.15, -0.1) is 11.3 Å². The predicted octanol–water partition coefficient (Wildman–Crippen LogP) is 4.68. The molecule has 0 saturated heterocycles. The molecule has 1 aliphatic rings. The molecule has 0 fully saturated rings. The molecule has 0 radical (unpaired) electrons. The van der Waals surface area contributed by atoms with Crippen molar-refractivity contribution < 1.29 is 23.0 Å². The van der Waals surface area contributed by atoms with E-state index in [4.69, 9.17) is 4.74 Å². The summed E-state index contributed by atoms with van der Waals surface area (Å²) in [7, 11) is 1.55. The summed E-state index contributed by atoms with van der Waals surface area (Å²) in [4.78, 5) is 4.28. The third kappa shape index (κ3) is 3.53. The van der Waals surface area contributed by atoms with Crippen LogP contribution in [0.2, 0.25) is 0 Å². The van der Waals surface area contributed by atoms with Gasteiger partial charge in [0.2, 0.25) is 5.13 Å². The lowest BCUT2D eigenvalue weighted by Gasteiger charge is -2.32. The average Bonchev–Trinajstić information content (AvgIpc) is 3.19. The van der Waals surface area contributed by atoms with E-state index in [9.17, 15) is 18.3 Å². The topological polar surface area (TPSA) is 58.0 Å². The number of hydrogen-bond donors (Lipinski definition) is 1. The predicted molar refractivity (Wildman–Crippen MR) is 99.1 cm³/mol. The second kappa shape index (κ2) is 6.49. The van der Waals surface area contributed by atoms with Crippen molar-refractivity contribution in [3.63, 3.8) is 0 Å². The van der Waals surface area contributed by atoms with Crippen molar-refractivity contribution in [2.75, 3.05) is 12.1 Å². The highest BCUT2D eigenvalue weighted by atomic mass is 32.1. The van der Waals surface area contributed by atoms with Crippen molar-refractivity contribution in [3.05, 3.63) is 29.6 Å². The fourth-order valence-electron chi connectivity index (χ4n) is 2.64. The zero-order valence-electron chi connectivity index (χ0n) is 15.3. The van der Waals surface area contributed by atoms with Gasteiger partial charge in [0.05, 0.1) is 12.8 Å². The number of aliphatic hydroxyl groups is 1. The fourth-order valence-corrected chi connectivity index (χ4v) is 3.49. The number of halogens is 3. The van der Waals surface area contributed by atoms with Gasteiger partial charge in [-0.3, -0.25) is 0 Å². The maximum absolute atomic E-state index is 13.7. The molecule has 1 aromatic carbocycles. The molecule has 2 aromatic rings. The number of ether oxygens (including phenoxy) is 1. The molecule has 1 atom stereocenters. The van der Waals surface area contributed by atoms with E-state index in [0.717, 1.165) is 16.9 Å². The van der Waals surface area contributed by atoms with Crippen LogP contribution in [0.1, 0.15) is 27.2 Å². The zero-order valence-corrected chi connectivity index (χ0v) is 16.1. The lowest BCUT2D eigenvalue weighted by atomic mass is 9.86. The molecule has 3 rings (SSSR count). The van der Waals surface area contributed by atoms with E-state index < -0.39 is 23.7 Å². The standard InChI is InChI=1S/C18H20F3N3O2S/c1-16(2,3)14-9-17(25,18(19,20)21)24(23-14)15-22-13(10-27-15)11-5-7-12(26-4)8-6-11/h5-8,10,25H,9H2,1-4H3. The van der Waals surface area contributed by atoms with Gasteiger partial charge in [-0.25, -0.2) is 4.98 Å². The highest BCUT2D eigenvalue weighted by Crippen LogP contribution is 2.46. The Bertz CT molecular complexity index is 856. The van der Waals surface area contributed by atoms with Crippen LogP contribution in [0.15, 0.2) is 34.7 Å². The summed E-state index contributed by atoms with van der Waals surface area (Å²) >= 11 is 0.999. The molecular formula is C18H20F3N3O2S. The van der Waals surface area contributed by atoms with Crippen molar-refractivity contribution in [2.24, 2.45) is 10.5 Å². The van der Waals surface area contributed by atoms with Gasteiger partial charge in [0.1, 0.15) is 5.75 Å². The first-order valence-corrected chi connectivity index (χ1v) is 9.11. The van der Waals surface area contributed by atoms with Gasteiger partial charge in [0.25, 0.3) is 5.72 Å². The number of anilines is 1. The van der Waals surface area contributed by atoms with Crippen LogP contribution in [0.4, 0.5) is 18.3 Å². The first kappa shape index (κ1) is 19.6. The number of rotatable bonds is 3. The maximum Gasteiger partial charge on any atom is 0.438 e. The van der Waals surface area contributed by atoms with Gasteiger partial charge >= 0.3 is 6.18 Å². The number of alkyl halides is 3. The molecule has 146 valence electrons. The number of benzene rings is 1. The SMILES string of the molecule is COc1ccc(-c2csc(N3N=C(C(C)(C)C)CC3(O)C(F)(F)F)n2)cc1. The Kier molecular flexibility index (Phi) is 4.72. The van der Waals surface area contributed by atoms with E-state index in [-0.39, 0.29) is 10.8 Å². The molecule has 1 unspecified atom stereocenters. The molecule has 9 heteroatoms. The Labute approximate surface area is 159 Å². The van der Waals surface area contributed by atoms with Gasteiger partial charge in [-0.1, -0.05) is 20.8 Å². The Morgan fingerprint density at radius 3 is 2.33 bits per heavy atom. The Morgan fingerprint density at radius 2 is 1.81 bits per heavy atom. The quantitative estimate of drug-likeness (QED) is 0.814. The van der Waals surface area contributed by atoms with Crippen LogP contribution >= 0.6 is 11.3 Å². The molecule has 0 aliphatic carbocycles. The van der Waals surface area contributed by atoms with Crippen LogP contribution in [0.5, 0.6) is 5.75 Å². The molecule has 0 amide bonds. The van der Waals surface area contributed by atoms with E-state index in [1.54, 1.807) is 57.5 Å². The van der Waals surface area contributed by atoms with E-state index in [0.29, 0.717) is 16.5 Å². The monoisotopic (exact) mass is 399 g/mol. The second-order valence-corrected chi connectivity index (χ2v) is 8.18. The lowest BCUT2D eigenvalue weighted by Crippen LogP contribution is -2.55. The summed E-state index contributed by atoms with van der Waals surface area (Å²) in [6, 6.07) is 7.02.